The molecule has 112 valence electrons. The van der Waals surface area contributed by atoms with Gasteiger partial charge in [-0.3, -0.25) is 9.58 Å². The Hall–Kier alpha value is -1.17. The molecule has 0 unspecified atom stereocenters. The Morgan fingerprint density at radius 2 is 2.00 bits per heavy atom. The van der Waals surface area contributed by atoms with Crippen molar-refractivity contribution in [2.75, 3.05) is 13.1 Å². The third-order valence-electron chi connectivity index (χ3n) is 4.30. The Morgan fingerprint density at radius 3 is 2.62 bits per heavy atom. The quantitative estimate of drug-likeness (QED) is 0.926. The molecule has 1 aliphatic rings. The summed E-state index contributed by atoms with van der Waals surface area (Å²) in [5.74, 6) is 0.416. The fourth-order valence-corrected chi connectivity index (χ4v) is 3.62. The van der Waals surface area contributed by atoms with Gasteiger partial charge in [-0.1, -0.05) is 30.3 Å². The van der Waals surface area contributed by atoms with Crippen LogP contribution in [0, 0.1) is 6.92 Å². The molecule has 1 aromatic heterocycles. The van der Waals surface area contributed by atoms with Crippen molar-refractivity contribution in [3.8, 4) is 0 Å². The largest absolute Gasteiger partial charge is 0.326 e. The molecule has 5 heteroatoms. The van der Waals surface area contributed by atoms with Gasteiger partial charge in [0.1, 0.15) is 0 Å². The van der Waals surface area contributed by atoms with Crippen LogP contribution >= 0.6 is 15.9 Å². The van der Waals surface area contributed by atoms with Gasteiger partial charge in [0.05, 0.1) is 15.9 Å². The molecule has 0 aliphatic carbocycles. The van der Waals surface area contributed by atoms with Crippen LogP contribution in [0.5, 0.6) is 0 Å². The maximum atomic E-state index is 6.36. The summed E-state index contributed by atoms with van der Waals surface area (Å²) in [4.78, 5) is 2.42. The van der Waals surface area contributed by atoms with Gasteiger partial charge in [-0.25, -0.2) is 0 Å². The third-order valence-corrected chi connectivity index (χ3v) is 5.33. The minimum Gasteiger partial charge on any atom is -0.326 e. The van der Waals surface area contributed by atoms with Gasteiger partial charge in [0.15, 0.2) is 0 Å². The first-order chi connectivity index (χ1) is 10.1. The molecule has 0 saturated carbocycles. The van der Waals surface area contributed by atoms with E-state index in [0.717, 1.165) is 29.8 Å². The molecule has 4 nitrogen and oxygen atoms in total. The van der Waals surface area contributed by atoms with Gasteiger partial charge >= 0.3 is 0 Å². The van der Waals surface area contributed by atoms with Gasteiger partial charge in [-0.05, 0) is 28.4 Å². The number of aryl methyl sites for hydroxylation is 2. The number of hydrogen-bond acceptors (Lipinski definition) is 3. The lowest BCUT2D eigenvalue weighted by Gasteiger charge is -2.16. The van der Waals surface area contributed by atoms with Crippen LogP contribution in [0.3, 0.4) is 0 Å². The number of likely N-dealkylation sites (tertiary alicyclic amines) is 1. The summed E-state index contributed by atoms with van der Waals surface area (Å²) in [6.07, 6.45) is 0. The average Bonchev–Trinajstić information content (AvgIpc) is 2.95. The second-order valence-corrected chi connectivity index (χ2v) is 6.64. The SMILES string of the molecule is Cc1nn(C)c(CN2C[C@@H](N)[C@H](c3ccccc3)C2)c1Br. The van der Waals surface area contributed by atoms with Crippen molar-refractivity contribution in [3.05, 3.63) is 51.8 Å². The zero-order chi connectivity index (χ0) is 15.0. The number of aromatic nitrogens is 2. The molecular weight excluding hydrogens is 328 g/mol. The molecule has 0 bridgehead atoms. The lowest BCUT2D eigenvalue weighted by atomic mass is 9.95. The van der Waals surface area contributed by atoms with Gasteiger partial charge < -0.3 is 5.73 Å². The second kappa shape index (κ2) is 5.91. The van der Waals surface area contributed by atoms with E-state index in [1.165, 1.54) is 11.3 Å². The van der Waals surface area contributed by atoms with E-state index in [1.54, 1.807) is 0 Å². The van der Waals surface area contributed by atoms with Crippen LogP contribution in [0.25, 0.3) is 0 Å². The number of rotatable bonds is 3. The van der Waals surface area contributed by atoms with E-state index >= 15 is 0 Å². The fourth-order valence-electron chi connectivity index (χ4n) is 3.16. The van der Waals surface area contributed by atoms with Crippen LogP contribution in [-0.4, -0.2) is 33.8 Å². The number of nitrogens with two attached hydrogens (primary N) is 1. The second-order valence-electron chi connectivity index (χ2n) is 5.84. The van der Waals surface area contributed by atoms with Gasteiger partial charge in [-0.15, -0.1) is 0 Å². The van der Waals surface area contributed by atoms with E-state index in [9.17, 15) is 0 Å². The molecule has 0 spiro atoms. The van der Waals surface area contributed by atoms with Crippen LogP contribution in [0.1, 0.15) is 22.9 Å². The molecule has 2 N–H and O–H groups in total. The number of hydrogen-bond donors (Lipinski definition) is 1. The molecule has 1 aliphatic heterocycles. The van der Waals surface area contributed by atoms with Crippen LogP contribution in [0.2, 0.25) is 0 Å². The van der Waals surface area contributed by atoms with Gasteiger partial charge in [0, 0.05) is 38.6 Å². The first kappa shape index (κ1) is 14.8. The van der Waals surface area contributed by atoms with Crippen molar-refractivity contribution in [2.45, 2.75) is 25.4 Å². The highest BCUT2D eigenvalue weighted by atomic mass is 79.9. The zero-order valence-electron chi connectivity index (χ0n) is 12.5. The molecule has 0 amide bonds. The third kappa shape index (κ3) is 2.91. The van der Waals surface area contributed by atoms with Crippen molar-refractivity contribution >= 4 is 15.9 Å². The van der Waals surface area contributed by atoms with Crippen molar-refractivity contribution < 1.29 is 0 Å². The smallest absolute Gasteiger partial charge is 0.0739 e. The first-order valence-corrected chi connectivity index (χ1v) is 8.06. The monoisotopic (exact) mass is 348 g/mol. The van der Waals surface area contributed by atoms with Crippen LogP contribution in [0.15, 0.2) is 34.8 Å². The predicted octanol–water partition coefficient (Wildman–Crippen LogP) is 2.42. The lowest BCUT2D eigenvalue weighted by molar-refractivity contribution is 0.313. The maximum Gasteiger partial charge on any atom is 0.0739 e. The summed E-state index contributed by atoms with van der Waals surface area (Å²) < 4.78 is 3.07. The highest BCUT2D eigenvalue weighted by Crippen LogP contribution is 2.29. The van der Waals surface area contributed by atoms with Crippen LogP contribution in [-0.2, 0) is 13.6 Å². The van der Waals surface area contributed by atoms with Crippen molar-refractivity contribution in [1.29, 1.82) is 0 Å². The maximum absolute atomic E-state index is 6.36. The van der Waals surface area contributed by atoms with E-state index in [2.05, 4.69) is 56.3 Å². The summed E-state index contributed by atoms with van der Waals surface area (Å²) in [6.45, 7) is 4.84. The molecule has 1 aromatic carbocycles. The summed E-state index contributed by atoms with van der Waals surface area (Å²) in [7, 11) is 2.00. The Labute approximate surface area is 134 Å². The number of halogens is 1. The average molecular weight is 349 g/mol. The minimum atomic E-state index is 0.195. The predicted molar refractivity (Wildman–Crippen MR) is 88.1 cm³/mol. The highest BCUT2D eigenvalue weighted by molar-refractivity contribution is 9.10. The molecule has 1 saturated heterocycles. The Bertz CT molecular complexity index is 623. The lowest BCUT2D eigenvalue weighted by Crippen LogP contribution is -2.29. The topological polar surface area (TPSA) is 47.1 Å². The van der Waals surface area contributed by atoms with E-state index in [-0.39, 0.29) is 6.04 Å². The molecule has 21 heavy (non-hydrogen) atoms. The van der Waals surface area contributed by atoms with Crippen LogP contribution < -0.4 is 5.73 Å². The Kier molecular flexibility index (Phi) is 4.15. The van der Waals surface area contributed by atoms with Gasteiger partial charge in [0.2, 0.25) is 0 Å². The number of benzene rings is 1. The van der Waals surface area contributed by atoms with E-state index < -0.39 is 0 Å². The molecule has 1 fully saturated rings. The normalized spacial score (nSPS) is 22.9. The van der Waals surface area contributed by atoms with Crippen LogP contribution in [0.4, 0.5) is 0 Å². The van der Waals surface area contributed by atoms with E-state index in [1.807, 2.05) is 18.7 Å². The van der Waals surface area contributed by atoms with Crippen molar-refractivity contribution in [2.24, 2.45) is 12.8 Å². The van der Waals surface area contributed by atoms with Gasteiger partial charge in [0.25, 0.3) is 0 Å². The van der Waals surface area contributed by atoms with Gasteiger partial charge in [-0.2, -0.15) is 5.10 Å². The molecule has 2 atom stereocenters. The summed E-state index contributed by atoms with van der Waals surface area (Å²) in [5, 5.41) is 4.46. The molecular formula is C16H21BrN4. The molecule has 2 heterocycles. The summed E-state index contributed by atoms with van der Waals surface area (Å²) in [5.41, 5.74) is 9.95. The number of nitrogens with zero attached hydrogens (tertiary/aromatic N) is 3. The first-order valence-electron chi connectivity index (χ1n) is 7.27. The van der Waals surface area contributed by atoms with Crippen molar-refractivity contribution in [1.82, 2.24) is 14.7 Å². The molecule has 0 radical (unpaired) electrons. The van der Waals surface area contributed by atoms with E-state index in [0.29, 0.717) is 5.92 Å². The molecule has 3 rings (SSSR count). The Balaban J connectivity index is 1.74. The van der Waals surface area contributed by atoms with E-state index in [4.69, 9.17) is 5.73 Å². The molecule has 2 aromatic rings. The fraction of sp³-hybridized carbons (Fsp3) is 0.438. The highest BCUT2D eigenvalue weighted by Gasteiger charge is 2.31. The zero-order valence-corrected chi connectivity index (χ0v) is 14.0. The Morgan fingerprint density at radius 1 is 1.29 bits per heavy atom. The minimum absolute atomic E-state index is 0.195. The van der Waals surface area contributed by atoms with Crippen molar-refractivity contribution in [3.63, 3.8) is 0 Å². The standard InChI is InChI=1S/C16H21BrN4/c1-11-16(17)15(20(2)19-11)10-21-8-13(14(18)9-21)12-6-4-3-5-7-12/h3-7,13-14H,8-10,18H2,1-2H3/t13-,14+/m0/s1. The summed E-state index contributed by atoms with van der Waals surface area (Å²) >= 11 is 3.64. The summed E-state index contributed by atoms with van der Waals surface area (Å²) in [6, 6.07) is 10.8.